The molecule has 0 atom stereocenters. The molecule has 0 saturated carbocycles. The van der Waals surface area contributed by atoms with Crippen LogP contribution in [0.3, 0.4) is 0 Å². The second-order valence-electron chi connectivity index (χ2n) is 8.90. The number of benzene rings is 3. The summed E-state index contributed by atoms with van der Waals surface area (Å²) in [5.41, 5.74) is 0.0552. The summed E-state index contributed by atoms with van der Waals surface area (Å²) in [6.45, 7) is 6.82. The first-order valence-corrected chi connectivity index (χ1v) is 12.3. The summed E-state index contributed by atoms with van der Waals surface area (Å²) in [6.07, 6.45) is 1.29. The van der Waals surface area contributed by atoms with Crippen molar-refractivity contribution in [1.82, 2.24) is 0 Å². The van der Waals surface area contributed by atoms with Crippen LogP contribution < -0.4 is 4.72 Å². The summed E-state index contributed by atoms with van der Waals surface area (Å²) in [4.78, 5) is 26.6. The van der Waals surface area contributed by atoms with Crippen molar-refractivity contribution in [1.29, 1.82) is 0 Å². The van der Waals surface area contributed by atoms with Gasteiger partial charge in [-0.05, 0) is 75.7 Å². The summed E-state index contributed by atoms with van der Waals surface area (Å²) in [7, 11) is -4.00. The lowest BCUT2D eigenvalue weighted by Crippen LogP contribution is -2.27. The number of rotatable bonds is 7. The Labute approximate surface area is 204 Å². The van der Waals surface area contributed by atoms with Crippen LogP contribution in [0.5, 0.6) is 0 Å². The molecule has 8 heteroatoms. The third-order valence-corrected chi connectivity index (χ3v) is 6.17. The molecule has 0 aliphatic carbocycles. The van der Waals surface area contributed by atoms with Gasteiger partial charge in [0, 0.05) is 5.56 Å². The van der Waals surface area contributed by atoms with Crippen LogP contribution in [0.4, 0.5) is 10.1 Å². The molecule has 6 nitrogen and oxygen atoms in total. The van der Waals surface area contributed by atoms with Gasteiger partial charge in [-0.1, -0.05) is 42.0 Å². The van der Waals surface area contributed by atoms with Crippen molar-refractivity contribution in [2.75, 3.05) is 4.72 Å². The van der Waals surface area contributed by atoms with Gasteiger partial charge in [0.15, 0.2) is 0 Å². The monoisotopic (exact) mass is 495 g/mol. The van der Waals surface area contributed by atoms with E-state index in [-0.39, 0.29) is 21.7 Å². The van der Waals surface area contributed by atoms with Gasteiger partial charge in [-0.3, -0.25) is 9.52 Å². The van der Waals surface area contributed by atoms with Crippen LogP contribution in [0.25, 0.3) is 6.08 Å². The maximum Gasteiger partial charge on any atom is 0.342 e. The molecule has 3 aromatic carbocycles. The van der Waals surface area contributed by atoms with Crippen LogP contribution in [0.1, 0.15) is 42.3 Å². The van der Waals surface area contributed by atoms with Crippen molar-refractivity contribution < 1.29 is 27.1 Å². The number of hydrogen-bond acceptors (Lipinski definition) is 5. The van der Waals surface area contributed by atoms with Gasteiger partial charge in [-0.2, -0.15) is 0 Å². The number of ether oxygens (including phenoxy) is 1. The van der Waals surface area contributed by atoms with Crippen LogP contribution >= 0.6 is 0 Å². The van der Waals surface area contributed by atoms with Crippen LogP contribution in [-0.4, -0.2) is 25.8 Å². The Morgan fingerprint density at radius 1 is 0.914 bits per heavy atom. The predicted octanol–water partition coefficient (Wildman–Crippen LogP) is 5.54. The average Bonchev–Trinajstić information content (AvgIpc) is 2.77. The highest BCUT2D eigenvalue weighted by Crippen LogP contribution is 2.25. The highest BCUT2D eigenvalue weighted by atomic mass is 32.2. The van der Waals surface area contributed by atoms with Gasteiger partial charge in [0.05, 0.1) is 10.6 Å². The van der Waals surface area contributed by atoms with E-state index in [9.17, 15) is 22.4 Å². The summed E-state index contributed by atoms with van der Waals surface area (Å²) in [5.74, 6) is -2.10. The van der Waals surface area contributed by atoms with E-state index in [2.05, 4.69) is 4.72 Å². The van der Waals surface area contributed by atoms with Crippen molar-refractivity contribution in [2.45, 2.75) is 38.2 Å². The third kappa shape index (κ3) is 6.86. The smallest absolute Gasteiger partial charge is 0.342 e. The second kappa shape index (κ2) is 10.2. The number of carbonyl (C=O) groups excluding carboxylic acids is 2. The number of anilines is 1. The Kier molecular flexibility index (Phi) is 7.55. The fourth-order valence-electron chi connectivity index (χ4n) is 3.11. The van der Waals surface area contributed by atoms with Crippen molar-refractivity contribution >= 4 is 33.5 Å². The highest BCUT2D eigenvalue weighted by Gasteiger charge is 2.28. The SMILES string of the molecule is Cc1ccc(S(=O)(=O)Nc2ccccc2C(=O)/C(=C\c2ccc(F)cc2)C(=O)OC(C)(C)C)cc1. The molecule has 3 rings (SSSR count). The minimum absolute atomic E-state index is 0.00615. The summed E-state index contributed by atoms with van der Waals surface area (Å²) < 4.78 is 47.1. The lowest BCUT2D eigenvalue weighted by atomic mass is 9.99. The first kappa shape index (κ1) is 25.8. The van der Waals surface area contributed by atoms with E-state index in [1.807, 2.05) is 6.92 Å². The number of para-hydroxylation sites is 1. The molecule has 0 aliphatic rings. The van der Waals surface area contributed by atoms with E-state index in [1.165, 1.54) is 54.6 Å². The molecule has 0 spiro atoms. The van der Waals surface area contributed by atoms with Gasteiger partial charge in [-0.15, -0.1) is 0 Å². The maximum atomic E-state index is 13.6. The molecule has 0 aliphatic heterocycles. The molecule has 0 fully saturated rings. The van der Waals surface area contributed by atoms with Crippen LogP contribution in [0, 0.1) is 12.7 Å². The molecule has 0 heterocycles. The summed E-state index contributed by atoms with van der Waals surface area (Å²) in [6, 6.07) is 17.5. The second-order valence-corrected chi connectivity index (χ2v) is 10.6. The van der Waals surface area contributed by atoms with E-state index in [1.54, 1.807) is 45.0 Å². The molecule has 0 radical (unpaired) electrons. The minimum Gasteiger partial charge on any atom is -0.456 e. The number of hydrogen-bond donors (Lipinski definition) is 1. The molecule has 0 bridgehead atoms. The van der Waals surface area contributed by atoms with Crippen molar-refractivity contribution in [3.05, 3.63) is 101 Å². The van der Waals surface area contributed by atoms with Crippen LogP contribution in [-0.2, 0) is 19.6 Å². The number of aryl methyl sites for hydroxylation is 1. The first-order valence-electron chi connectivity index (χ1n) is 10.8. The predicted molar refractivity (Wildman–Crippen MR) is 133 cm³/mol. The van der Waals surface area contributed by atoms with Gasteiger partial charge < -0.3 is 4.74 Å². The number of nitrogens with one attached hydrogen (secondary N) is 1. The highest BCUT2D eigenvalue weighted by molar-refractivity contribution is 7.92. The number of sulfonamides is 1. The lowest BCUT2D eigenvalue weighted by molar-refractivity contribution is -0.149. The maximum absolute atomic E-state index is 13.6. The molecular weight excluding hydrogens is 469 g/mol. The zero-order valence-corrected chi connectivity index (χ0v) is 20.6. The van der Waals surface area contributed by atoms with E-state index in [0.717, 1.165) is 5.56 Å². The van der Waals surface area contributed by atoms with E-state index in [4.69, 9.17) is 4.74 Å². The Balaban J connectivity index is 2.04. The fraction of sp³-hybridized carbons (Fsp3) is 0.185. The molecular formula is C27H26FNO5S. The van der Waals surface area contributed by atoms with Crippen LogP contribution in [0.15, 0.2) is 83.3 Å². The van der Waals surface area contributed by atoms with E-state index in [0.29, 0.717) is 5.56 Å². The summed E-state index contributed by atoms with van der Waals surface area (Å²) >= 11 is 0. The number of halogens is 1. The molecule has 35 heavy (non-hydrogen) atoms. The molecule has 0 aromatic heterocycles. The Morgan fingerprint density at radius 2 is 1.51 bits per heavy atom. The summed E-state index contributed by atoms with van der Waals surface area (Å²) in [5, 5.41) is 0. The lowest BCUT2D eigenvalue weighted by Gasteiger charge is -2.21. The van der Waals surface area contributed by atoms with Gasteiger partial charge >= 0.3 is 5.97 Å². The standard InChI is InChI=1S/C27H26FNO5S/c1-18-9-15-21(16-10-18)35(32,33)29-24-8-6-5-7-22(24)25(30)23(26(31)34-27(2,3)4)17-19-11-13-20(28)14-12-19/h5-17,29H,1-4H3/b23-17+. The molecule has 0 amide bonds. The Morgan fingerprint density at radius 3 is 2.11 bits per heavy atom. The van der Waals surface area contributed by atoms with Gasteiger partial charge in [-0.25, -0.2) is 17.6 Å². The Hall–Kier alpha value is -3.78. The molecule has 3 aromatic rings. The number of esters is 1. The molecule has 182 valence electrons. The zero-order chi connectivity index (χ0) is 25.8. The van der Waals surface area contributed by atoms with E-state index >= 15 is 0 Å². The van der Waals surface area contributed by atoms with Crippen molar-refractivity contribution in [2.24, 2.45) is 0 Å². The van der Waals surface area contributed by atoms with E-state index < -0.39 is 33.2 Å². The van der Waals surface area contributed by atoms with Crippen LogP contribution in [0.2, 0.25) is 0 Å². The number of carbonyl (C=O) groups is 2. The van der Waals surface area contributed by atoms with Crippen molar-refractivity contribution in [3.8, 4) is 0 Å². The normalized spacial score (nSPS) is 12.2. The topological polar surface area (TPSA) is 89.5 Å². The number of Topliss-reactive ketones (excluding diaryl/α,β-unsaturated/α-hetero) is 1. The fourth-order valence-corrected chi connectivity index (χ4v) is 4.19. The first-order chi connectivity index (χ1) is 16.4. The van der Waals surface area contributed by atoms with Gasteiger partial charge in [0.25, 0.3) is 10.0 Å². The molecule has 0 saturated heterocycles. The molecule has 0 unspecified atom stereocenters. The Bertz CT molecular complexity index is 1370. The minimum atomic E-state index is -4.00. The van der Waals surface area contributed by atoms with Gasteiger partial charge in [0.2, 0.25) is 5.78 Å². The third-order valence-electron chi connectivity index (χ3n) is 4.79. The van der Waals surface area contributed by atoms with Crippen molar-refractivity contribution in [3.63, 3.8) is 0 Å². The molecule has 1 N–H and O–H groups in total. The quantitative estimate of drug-likeness (QED) is 0.153. The average molecular weight is 496 g/mol. The van der Waals surface area contributed by atoms with Gasteiger partial charge in [0.1, 0.15) is 17.0 Å². The number of ketones is 1. The zero-order valence-electron chi connectivity index (χ0n) is 19.8. The largest absolute Gasteiger partial charge is 0.456 e.